The number of benzene rings is 3. The van der Waals surface area contributed by atoms with E-state index in [4.69, 9.17) is 23.7 Å². The van der Waals surface area contributed by atoms with Crippen LogP contribution in [0.25, 0.3) is 0 Å². The third kappa shape index (κ3) is 2.37. The van der Waals surface area contributed by atoms with Gasteiger partial charge in [0.05, 0.1) is 26.9 Å². The van der Waals surface area contributed by atoms with Crippen LogP contribution in [-0.2, 0) is 20.7 Å². The highest BCUT2D eigenvalue weighted by atomic mass is 16.6. The van der Waals surface area contributed by atoms with Gasteiger partial charge in [0.25, 0.3) is 0 Å². The summed E-state index contributed by atoms with van der Waals surface area (Å²) >= 11 is 0. The molecule has 3 aromatic rings. The molecule has 0 radical (unpaired) electrons. The summed E-state index contributed by atoms with van der Waals surface area (Å²) in [5.74, 6) is 0.577. The Labute approximate surface area is 196 Å². The van der Waals surface area contributed by atoms with Crippen LogP contribution in [0, 0.1) is 5.92 Å². The van der Waals surface area contributed by atoms with Crippen LogP contribution in [-0.4, -0.2) is 38.5 Å². The molecule has 6 rings (SSSR count). The number of carbonyl (C=O) groups is 1. The van der Waals surface area contributed by atoms with Gasteiger partial charge in [-0.2, -0.15) is 0 Å². The molecule has 1 saturated heterocycles. The van der Waals surface area contributed by atoms with Gasteiger partial charge in [-0.25, -0.2) is 0 Å². The quantitative estimate of drug-likeness (QED) is 0.583. The van der Waals surface area contributed by atoms with Crippen LogP contribution in [0.1, 0.15) is 22.6 Å². The first-order valence-corrected chi connectivity index (χ1v) is 11.1. The van der Waals surface area contributed by atoms with Crippen molar-refractivity contribution in [3.05, 3.63) is 83.4 Å². The predicted molar refractivity (Wildman–Crippen MR) is 121 cm³/mol. The standard InChI is InChI=1S/C27H24O7/c1-30-17-11-9-16(10-12-17)27-22(15-7-5-4-6-8-15)21-24(33-25(21)28)26(27,29)23-19(32-3)13-18(31-2)14-20(23)34-27/h4-14,21-22,24,29H,1-3H3/t21-,22-,24-,26+,27+/m1/s1. The molecule has 0 aromatic heterocycles. The van der Waals surface area contributed by atoms with E-state index in [9.17, 15) is 9.90 Å². The number of aliphatic hydroxyl groups is 1. The molecule has 2 aliphatic heterocycles. The monoisotopic (exact) mass is 460 g/mol. The minimum atomic E-state index is -1.70. The van der Waals surface area contributed by atoms with Crippen LogP contribution in [0.3, 0.4) is 0 Å². The minimum absolute atomic E-state index is 0.354. The molecule has 7 heteroatoms. The average molecular weight is 460 g/mol. The lowest BCUT2D eigenvalue weighted by molar-refractivity contribution is -0.213. The Morgan fingerprint density at radius 2 is 1.59 bits per heavy atom. The lowest BCUT2D eigenvalue weighted by atomic mass is 9.71. The molecule has 1 aliphatic carbocycles. The summed E-state index contributed by atoms with van der Waals surface area (Å²) in [5.41, 5.74) is -1.03. The number of carbonyl (C=O) groups excluding carboxylic acids is 1. The van der Waals surface area contributed by atoms with Crippen molar-refractivity contribution in [3.8, 4) is 23.0 Å². The van der Waals surface area contributed by atoms with E-state index < -0.39 is 29.1 Å². The van der Waals surface area contributed by atoms with Crippen molar-refractivity contribution < 1.29 is 33.6 Å². The summed E-state index contributed by atoms with van der Waals surface area (Å²) in [6, 6.07) is 20.5. The number of methoxy groups -OCH3 is 3. The lowest BCUT2D eigenvalue weighted by Crippen LogP contribution is -2.55. The summed E-state index contributed by atoms with van der Waals surface area (Å²) in [4.78, 5) is 12.8. The van der Waals surface area contributed by atoms with Gasteiger partial charge in [-0.15, -0.1) is 0 Å². The summed E-state index contributed by atoms with van der Waals surface area (Å²) in [5, 5.41) is 12.7. The predicted octanol–water partition coefficient (Wildman–Crippen LogP) is 3.53. The van der Waals surface area contributed by atoms with E-state index in [2.05, 4.69) is 0 Å². The number of hydrogen-bond donors (Lipinski definition) is 1. The molecule has 174 valence electrons. The molecule has 2 fully saturated rings. The van der Waals surface area contributed by atoms with Gasteiger partial charge in [0.2, 0.25) is 0 Å². The molecule has 34 heavy (non-hydrogen) atoms. The van der Waals surface area contributed by atoms with Crippen molar-refractivity contribution in [1.29, 1.82) is 0 Å². The lowest BCUT2D eigenvalue weighted by Gasteiger charge is -2.40. The van der Waals surface area contributed by atoms with Crippen molar-refractivity contribution >= 4 is 5.97 Å². The molecule has 0 bridgehead atoms. The Morgan fingerprint density at radius 3 is 2.21 bits per heavy atom. The van der Waals surface area contributed by atoms with Crippen molar-refractivity contribution in [2.75, 3.05) is 21.3 Å². The number of hydrogen-bond acceptors (Lipinski definition) is 7. The van der Waals surface area contributed by atoms with Gasteiger partial charge >= 0.3 is 5.97 Å². The molecule has 5 atom stereocenters. The van der Waals surface area contributed by atoms with Gasteiger partial charge in [-0.1, -0.05) is 42.5 Å². The highest BCUT2D eigenvalue weighted by molar-refractivity contribution is 5.84. The van der Waals surface area contributed by atoms with Crippen molar-refractivity contribution in [2.24, 2.45) is 5.92 Å². The van der Waals surface area contributed by atoms with Crippen LogP contribution in [0.5, 0.6) is 23.0 Å². The molecule has 0 amide bonds. The number of rotatable bonds is 5. The van der Waals surface area contributed by atoms with Gasteiger partial charge in [0.1, 0.15) is 28.9 Å². The maximum atomic E-state index is 12.8. The maximum Gasteiger partial charge on any atom is 0.314 e. The van der Waals surface area contributed by atoms with Crippen molar-refractivity contribution in [1.82, 2.24) is 0 Å². The third-order valence-corrected chi connectivity index (χ3v) is 7.44. The second kappa shape index (κ2) is 7.14. The first kappa shape index (κ1) is 20.9. The summed E-state index contributed by atoms with van der Waals surface area (Å²) in [6.07, 6.45) is -0.809. The van der Waals surface area contributed by atoms with Gasteiger partial charge < -0.3 is 28.8 Å². The van der Waals surface area contributed by atoms with Gasteiger partial charge in [0.15, 0.2) is 17.3 Å². The van der Waals surface area contributed by atoms with Crippen molar-refractivity contribution in [3.63, 3.8) is 0 Å². The Bertz CT molecular complexity index is 1270. The highest BCUT2D eigenvalue weighted by Crippen LogP contribution is 2.73. The molecule has 3 aliphatic rings. The largest absolute Gasteiger partial charge is 0.497 e. The average Bonchev–Trinajstić information content (AvgIpc) is 3.24. The van der Waals surface area contributed by atoms with E-state index in [1.807, 2.05) is 54.6 Å². The molecule has 3 aromatic carbocycles. The van der Waals surface area contributed by atoms with Crippen LogP contribution in [0.2, 0.25) is 0 Å². The van der Waals surface area contributed by atoms with Gasteiger partial charge in [0, 0.05) is 18.1 Å². The molecule has 2 heterocycles. The van der Waals surface area contributed by atoms with Gasteiger partial charge in [-0.05, 0) is 23.3 Å². The third-order valence-electron chi connectivity index (χ3n) is 7.44. The summed E-state index contributed by atoms with van der Waals surface area (Å²) in [6.45, 7) is 0. The van der Waals surface area contributed by atoms with E-state index in [0.29, 0.717) is 34.1 Å². The Hall–Kier alpha value is -3.71. The molecule has 0 spiro atoms. The second-order valence-corrected chi connectivity index (χ2v) is 8.81. The maximum absolute atomic E-state index is 12.8. The Balaban J connectivity index is 1.68. The zero-order valence-electron chi connectivity index (χ0n) is 19.0. The van der Waals surface area contributed by atoms with E-state index in [1.54, 1.807) is 26.4 Å². The van der Waals surface area contributed by atoms with E-state index >= 15 is 0 Å². The first-order valence-electron chi connectivity index (χ1n) is 11.1. The van der Waals surface area contributed by atoms with E-state index in [-0.39, 0.29) is 5.97 Å². The summed E-state index contributed by atoms with van der Waals surface area (Å²) < 4.78 is 28.9. The topological polar surface area (TPSA) is 83.5 Å². The Morgan fingerprint density at radius 1 is 0.882 bits per heavy atom. The first-order chi connectivity index (χ1) is 16.5. The van der Waals surface area contributed by atoms with E-state index in [1.165, 1.54) is 7.11 Å². The van der Waals surface area contributed by atoms with Crippen LogP contribution >= 0.6 is 0 Å². The fraction of sp³-hybridized carbons (Fsp3) is 0.296. The zero-order chi connectivity index (χ0) is 23.7. The smallest absolute Gasteiger partial charge is 0.314 e. The molecule has 1 saturated carbocycles. The number of esters is 1. The second-order valence-electron chi connectivity index (χ2n) is 8.81. The number of ether oxygens (including phenoxy) is 5. The normalized spacial score (nSPS) is 30.2. The van der Waals surface area contributed by atoms with E-state index in [0.717, 1.165) is 5.56 Å². The molecular formula is C27H24O7. The SMILES string of the molecule is COc1ccc([C@@]23Oc4cc(OC)cc(OC)c4[C@]2(O)[C@@H]2OC(=O)[C@@H]2[C@H]3c2ccccc2)cc1. The molecule has 1 N–H and O–H groups in total. The fourth-order valence-electron chi connectivity index (χ4n) is 6.03. The molecule has 0 unspecified atom stereocenters. The fourth-order valence-corrected chi connectivity index (χ4v) is 6.03. The zero-order valence-corrected chi connectivity index (χ0v) is 19.0. The van der Waals surface area contributed by atoms with Crippen LogP contribution in [0.4, 0.5) is 0 Å². The minimum Gasteiger partial charge on any atom is -0.497 e. The number of fused-ring (bicyclic) bond motifs is 5. The Kier molecular flexibility index (Phi) is 4.38. The van der Waals surface area contributed by atoms with Crippen LogP contribution in [0.15, 0.2) is 66.7 Å². The molecule has 7 nitrogen and oxygen atoms in total. The summed E-state index contributed by atoms with van der Waals surface area (Å²) in [7, 11) is 4.68. The van der Waals surface area contributed by atoms with Gasteiger partial charge in [-0.3, -0.25) is 4.79 Å². The molecular weight excluding hydrogens is 436 g/mol. The highest BCUT2D eigenvalue weighted by Gasteiger charge is 2.82. The van der Waals surface area contributed by atoms with Crippen LogP contribution < -0.4 is 18.9 Å². The van der Waals surface area contributed by atoms with Crippen molar-refractivity contribution in [2.45, 2.75) is 23.2 Å².